The number of amides is 1. The fourth-order valence-electron chi connectivity index (χ4n) is 2.50. The standard InChI is InChI=1S/C19H22N2O5S/c1-4-26-19(23)15-11-8-12-16(13-15)20-18(22)17(21(2)27(3,24)25)14-9-6-5-7-10-14/h5-13,17H,4H2,1-3H3,(H,20,22)/t17-/m0/s1. The molecule has 0 bridgehead atoms. The Hall–Kier alpha value is -2.71. The zero-order valence-corrected chi connectivity index (χ0v) is 16.2. The fraction of sp³-hybridized carbons (Fsp3) is 0.263. The third kappa shape index (κ3) is 5.38. The Morgan fingerprint density at radius 1 is 1.11 bits per heavy atom. The van der Waals surface area contributed by atoms with E-state index in [1.54, 1.807) is 55.5 Å². The summed E-state index contributed by atoms with van der Waals surface area (Å²) < 4.78 is 30.0. The predicted octanol–water partition coefficient (Wildman–Crippen LogP) is 2.43. The molecular weight excluding hydrogens is 368 g/mol. The van der Waals surface area contributed by atoms with Gasteiger partial charge < -0.3 is 10.1 Å². The minimum atomic E-state index is -3.62. The number of sulfonamides is 1. The molecular formula is C19H22N2O5S. The molecule has 0 aromatic heterocycles. The van der Waals surface area contributed by atoms with Gasteiger partial charge in [-0.05, 0) is 30.7 Å². The van der Waals surface area contributed by atoms with Gasteiger partial charge in [0.25, 0.3) is 0 Å². The normalized spacial score (nSPS) is 12.4. The molecule has 2 rings (SSSR count). The SMILES string of the molecule is CCOC(=O)c1cccc(NC(=O)[C@H](c2ccccc2)N(C)S(C)(=O)=O)c1. The van der Waals surface area contributed by atoms with Crippen molar-refractivity contribution < 1.29 is 22.7 Å². The van der Waals surface area contributed by atoms with Gasteiger partial charge in [-0.2, -0.15) is 4.31 Å². The van der Waals surface area contributed by atoms with Crippen molar-refractivity contribution in [2.24, 2.45) is 0 Å². The predicted molar refractivity (Wildman–Crippen MR) is 103 cm³/mol. The lowest BCUT2D eigenvalue weighted by atomic mass is 10.1. The van der Waals surface area contributed by atoms with E-state index in [9.17, 15) is 18.0 Å². The lowest BCUT2D eigenvalue weighted by Gasteiger charge is -2.25. The van der Waals surface area contributed by atoms with Gasteiger partial charge in [0, 0.05) is 12.7 Å². The number of rotatable bonds is 7. The van der Waals surface area contributed by atoms with Gasteiger partial charge in [-0.25, -0.2) is 13.2 Å². The van der Waals surface area contributed by atoms with Crippen LogP contribution < -0.4 is 5.32 Å². The highest BCUT2D eigenvalue weighted by Gasteiger charge is 2.30. The maximum atomic E-state index is 12.9. The van der Waals surface area contributed by atoms with Gasteiger partial charge in [0.15, 0.2) is 0 Å². The van der Waals surface area contributed by atoms with Crippen LogP contribution in [0, 0.1) is 0 Å². The van der Waals surface area contributed by atoms with Crippen LogP contribution >= 0.6 is 0 Å². The quantitative estimate of drug-likeness (QED) is 0.733. The van der Waals surface area contributed by atoms with Crippen molar-refractivity contribution in [1.82, 2.24) is 4.31 Å². The summed E-state index contributed by atoms with van der Waals surface area (Å²) in [6.45, 7) is 1.94. The Morgan fingerprint density at radius 2 is 1.78 bits per heavy atom. The minimum absolute atomic E-state index is 0.241. The number of esters is 1. The summed E-state index contributed by atoms with van der Waals surface area (Å²) in [4.78, 5) is 24.7. The van der Waals surface area contributed by atoms with Gasteiger partial charge in [-0.3, -0.25) is 4.79 Å². The van der Waals surface area contributed by atoms with Crippen molar-refractivity contribution in [1.29, 1.82) is 0 Å². The average molecular weight is 390 g/mol. The monoisotopic (exact) mass is 390 g/mol. The Balaban J connectivity index is 2.32. The van der Waals surface area contributed by atoms with E-state index in [1.165, 1.54) is 13.1 Å². The molecule has 0 unspecified atom stereocenters. The van der Waals surface area contributed by atoms with Crippen LogP contribution in [0.4, 0.5) is 5.69 Å². The first-order valence-electron chi connectivity index (χ1n) is 8.30. The second-order valence-corrected chi connectivity index (χ2v) is 7.92. The van der Waals surface area contributed by atoms with Gasteiger partial charge in [-0.15, -0.1) is 0 Å². The molecule has 144 valence electrons. The number of nitrogens with zero attached hydrogens (tertiary/aromatic N) is 1. The van der Waals surface area contributed by atoms with Gasteiger partial charge in [-0.1, -0.05) is 36.4 Å². The van der Waals surface area contributed by atoms with Crippen molar-refractivity contribution in [2.45, 2.75) is 13.0 Å². The molecule has 0 aliphatic heterocycles. The molecule has 0 aliphatic carbocycles. The van der Waals surface area contributed by atoms with E-state index in [2.05, 4.69) is 5.32 Å². The van der Waals surface area contributed by atoms with Crippen LogP contribution in [0.1, 0.15) is 28.9 Å². The van der Waals surface area contributed by atoms with Crippen LogP contribution in [-0.4, -0.2) is 44.5 Å². The average Bonchev–Trinajstić information content (AvgIpc) is 2.62. The highest BCUT2D eigenvalue weighted by molar-refractivity contribution is 7.88. The second kappa shape index (κ2) is 8.79. The van der Waals surface area contributed by atoms with Gasteiger partial charge >= 0.3 is 5.97 Å². The first-order valence-corrected chi connectivity index (χ1v) is 10.1. The lowest BCUT2D eigenvalue weighted by molar-refractivity contribution is -0.119. The number of carbonyl (C=O) groups excluding carboxylic acids is 2. The summed E-state index contributed by atoms with van der Waals surface area (Å²) in [5, 5.41) is 2.68. The Labute approximate surface area is 159 Å². The highest BCUT2D eigenvalue weighted by Crippen LogP contribution is 2.24. The Morgan fingerprint density at radius 3 is 2.37 bits per heavy atom. The number of anilines is 1. The van der Waals surface area contributed by atoms with Crippen molar-refractivity contribution >= 4 is 27.6 Å². The fourth-order valence-corrected chi connectivity index (χ4v) is 3.10. The Bertz CT molecular complexity index is 913. The number of carbonyl (C=O) groups is 2. The molecule has 8 heteroatoms. The number of nitrogens with one attached hydrogen (secondary N) is 1. The van der Waals surface area contributed by atoms with Crippen LogP contribution in [0.5, 0.6) is 0 Å². The molecule has 0 aliphatic rings. The first kappa shape index (κ1) is 20.6. The molecule has 2 aromatic rings. The number of hydrogen-bond acceptors (Lipinski definition) is 5. The Kier molecular flexibility index (Phi) is 6.70. The van der Waals surface area contributed by atoms with E-state index in [0.29, 0.717) is 16.8 Å². The molecule has 0 saturated carbocycles. The smallest absolute Gasteiger partial charge is 0.338 e. The summed E-state index contributed by atoms with van der Waals surface area (Å²) in [5.74, 6) is -1.03. The maximum Gasteiger partial charge on any atom is 0.338 e. The number of likely N-dealkylation sites (N-methyl/N-ethyl adjacent to an activating group) is 1. The molecule has 7 nitrogen and oxygen atoms in total. The van der Waals surface area contributed by atoms with E-state index in [1.807, 2.05) is 0 Å². The van der Waals surface area contributed by atoms with Crippen LogP contribution in [0.3, 0.4) is 0 Å². The molecule has 27 heavy (non-hydrogen) atoms. The summed E-state index contributed by atoms with van der Waals surface area (Å²) in [6, 6.07) is 13.8. The van der Waals surface area contributed by atoms with Crippen molar-refractivity contribution in [2.75, 3.05) is 25.2 Å². The van der Waals surface area contributed by atoms with Gasteiger partial charge in [0.2, 0.25) is 15.9 Å². The van der Waals surface area contributed by atoms with E-state index in [0.717, 1.165) is 10.6 Å². The van der Waals surface area contributed by atoms with Gasteiger partial charge in [0.1, 0.15) is 6.04 Å². The second-order valence-electron chi connectivity index (χ2n) is 5.88. The van der Waals surface area contributed by atoms with Crippen LogP contribution in [0.2, 0.25) is 0 Å². The zero-order chi connectivity index (χ0) is 20.0. The summed E-state index contributed by atoms with van der Waals surface area (Å²) in [7, 11) is -2.27. The molecule has 0 heterocycles. The molecule has 1 amide bonds. The van der Waals surface area contributed by atoms with Crippen molar-refractivity contribution in [3.05, 3.63) is 65.7 Å². The van der Waals surface area contributed by atoms with E-state index in [-0.39, 0.29) is 6.61 Å². The van der Waals surface area contributed by atoms with E-state index in [4.69, 9.17) is 4.74 Å². The van der Waals surface area contributed by atoms with Crippen LogP contribution in [0.15, 0.2) is 54.6 Å². The van der Waals surface area contributed by atoms with Crippen molar-refractivity contribution in [3.8, 4) is 0 Å². The molecule has 0 saturated heterocycles. The number of ether oxygens (including phenoxy) is 1. The number of benzene rings is 2. The molecule has 1 N–H and O–H groups in total. The molecule has 1 atom stereocenters. The molecule has 0 radical (unpaired) electrons. The topological polar surface area (TPSA) is 92.8 Å². The van der Waals surface area contributed by atoms with Crippen LogP contribution in [0.25, 0.3) is 0 Å². The third-order valence-electron chi connectivity index (χ3n) is 3.89. The van der Waals surface area contributed by atoms with Crippen LogP contribution in [-0.2, 0) is 19.6 Å². The third-order valence-corrected chi connectivity index (χ3v) is 5.15. The lowest BCUT2D eigenvalue weighted by Crippen LogP contribution is -2.38. The largest absolute Gasteiger partial charge is 0.462 e. The summed E-state index contributed by atoms with van der Waals surface area (Å²) in [6.07, 6.45) is 1.04. The van der Waals surface area contributed by atoms with E-state index >= 15 is 0 Å². The first-order chi connectivity index (χ1) is 12.7. The zero-order valence-electron chi connectivity index (χ0n) is 15.4. The van der Waals surface area contributed by atoms with Gasteiger partial charge in [0.05, 0.1) is 18.4 Å². The maximum absolute atomic E-state index is 12.9. The number of hydrogen-bond donors (Lipinski definition) is 1. The molecule has 0 fully saturated rings. The van der Waals surface area contributed by atoms with E-state index < -0.39 is 27.9 Å². The van der Waals surface area contributed by atoms with Crippen molar-refractivity contribution in [3.63, 3.8) is 0 Å². The summed E-state index contributed by atoms with van der Waals surface area (Å²) >= 11 is 0. The highest BCUT2D eigenvalue weighted by atomic mass is 32.2. The summed E-state index contributed by atoms with van der Waals surface area (Å²) in [5.41, 5.74) is 1.19. The molecule has 2 aromatic carbocycles. The molecule has 0 spiro atoms. The minimum Gasteiger partial charge on any atom is -0.462 e.